The van der Waals surface area contributed by atoms with Gasteiger partial charge in [-0.2, -0.15) is 0 Å². The van der Waals surface area contributed by atoms with Crippen LogP contribution in [0.1, 0.15) is 13.8 Å². The minimum atomic E-state index is -4.37. The van der Waals surface area contributed by atoms with Crippen LogP contribution in [0.5, 0.6) is 11.5 Å². The fourth-order valence-electron chi connectivity index (χ4n) is 2.97. The van der Waals surface area contributed by atoms with Crippen molar-refractivity contribution in [3.05, 3.63) is 82.9 Å². The molecular weight excluding hydrogens is 446 g/mol. The normalized spacial score (nSPS) is 11.3. The highest BCUT2D eigenvalue weighted by Crippen LogP contribution is 2.30. The van der Waals surface area contributed by atoms with E-state index in [0.717, 1.165) is 16.7 Å². The minimum absolute atomic E-state index is 0.242. The zero-order valence-corrected chi connectivity index (χ0v) is 18.9. The van der Waals surface area contributed by atoms with E-state index in [9.17, 15) is 18.5 Å². The summed E-state index contributed by atoms with van der Waals surface area (Å²) in [5, 5.41) is 11.5. The standard InChI is InChI=1S/C23H23N3O6S/c1-3-31-20-13-9-18(10-14-20)24-17-25(19-11-15-21(16-12-19)32-4-2)33(29,30)23-8-6-5-7-22(23)26(27)28/h5-17H,3-4H2,1-2H3. The van der Waals surface area contributed by atoms with Gasteiger partial charge < -0.3 is 9.47 Å². The van der Waals surface area contributed by atoms with Gasteiger partial charge in [0.15, 0.2) is 4.90 Å². The van der Waals surface area contributed by atoms with Crippen molar-refractivity contribution in [3.8, 4) is 11.5 Å². The van der Waals surface area contributed by atoms with Gasteiger partial charge in [0, 0.05) is 6.07 Å². The maximum Gasteiger partial charge on any atom is 0.289 e. The molecule has 0 unspecified atom stereocenters. The fourth-order valence-corrected chi connectivity index (χ4v) is 4.41. The van der Waals surface area contributed by atoms with E-state index in [1.54, 1.807) is 48.5 Å². The van der Waals surface area contributed by atoms with Gasteiger partial charge >= 0.3 is 0 Å². The maximum atomic E-state index is 13.5. The molecule has 0 amide bonds. The minimum Gasteiger partial charge on any atom is -0.494 e. The van der Waals surface area contributed by atoms with Crippen molar-refractivity contribution in [2.24, 2.45) is 4.99 Å². The highest BCUT2D eigenvalue weighted by atomic mass is 32.2. The van der Waals surface area contributed by atoms with Gasteiger partial charge in [0.25, 0.3) is 15.7 Å². The van der Waals surface area contributed by atoms with Crippen LogP contribution in [-0.2, 0) is 10.0 Å². The Bertz CT molecular complexity index is 1230. The number of ether oxygens (including phenoxy) is 2. The van der Waals surface area contributed by atoms with Crippen LogP contribution in [0.25, 0.3) is 0 Å². The number of hydrogen-bond acceptors (Lipinski definition) is 7. The number of para-hydroxylation sites is 1. The van der Waals surface area contributed by atoms with Gasteiger partial charge in [-0.1, -0.05) is 12.1 Å². The van der Waals surface area contributed by atoms with Gasteiger partial charge in [-0.15, -0.1) is 0 Å². The van der Waals surface area contributed by atoms with Crippen LogP contribution < -0.4 is 13.8 Å². The zero-order chi connectivity index (χ0) is 23.8. The average Bonchev–Trinajstić information content (AvgIpc) is 2.81. The summed E-state index contributed by atoms with van der Waals surface area (Å²) in [7, 11) is -4.37. The Hall–Kier alpha value is -3.92. The number of nitro groups is 1. The van der Waals surface area contributed by atoms with E-state index in [1.165, 1.54) is 18.2 Å². The third-order valence-corrected chi connectivity index (χ3v) is 6.18. The van der Waals surface area contributed by atoms with Crippen molar-refractivity contribution < 1.29 is 22.8 Å². The second-order valence-electron chi connectivity index (χ2n) is 6.62. The molecule has 0 spiro atoms. The molecule has 0 saturated carbocycles. The Labute approximate surface area is 192 Å². The van der Waals surface area contributed by atoms with E-state index < -0.39 is 25.5 Å². The van der Waals surface area contributed by atoms with Crippen LogP contribution in [0.3, 0.4) is 0 Å². The molecule has 172 valence electrons. The molecule has 0 N–H and O–H groups in total. The highest BCUT2D eigenvalue weighted by molar-refractivity contribution is 7.93. The molecule has 0 bridgehead atoms. The van der Waals surface area contributed by atoms with Crippen molar-refractivity contribution in [2.75, 3.05) is 17.5 Å². The summed E-state index contributed by atoms with van der Waals surface area (Å²) in [5.41, 5.74) is 0.196. The van der Waals surface area contributed by atoms with Gasteiger partial charge in [-0.05, 0) is 68.4 Å². The number of nitrogens with zero attached hydrogens (tertiary/aromatic N) is 3. The molecule has 0 aromatic heterocycles. The molecule has 3 rings (SSSR count). The number of aliphatic imine (C=N–C) groups is 1. The molecule has 0 saturated heterocycles. The lowest BCUT2D eigenvalue weighted by atomic mass is 10.3. The molecule has 0 radical (unpaired) electrons. The number of anilines is 1. The van der Waals surface area contributed by atoms with Crippen molar-refractivity contribution >= 4 is 33.4 Å². The van der Waals surface area contributed by atoms with E-state index in [1.807, 2.05) is 13.8 Å². The van der Waals surface area contributed by atoms with Crippen LogP contribution in [0.4, 0.5) is 17.1 Å². The molecule has 0 aliphatic rings. The van der Waals surface area contributed by atoms with Crippen LogP contribution in [0, 0.1) is 10.1 Å². The van der Waals surface area contributed by atoms with Gasteiger partial charge in [0.2, 0.25) is 0 Å². The Morgan fingerprint density at radius 1 is 0.909 bits per heavy atom. The van der Waals surface area contributed by atoms with E-state index in [4.69, 9.17) is 9.47 Å². The Kier molecular flexibility index (Phi) is 7.62. The predicted molar refractivity (Wildman–Crippen MR) is 126 cm³/mol. The lowest BCUT2D eigenvalue weighted by Gasteiger charge is -2.20. The topological polar surface area (TPSA) is 111 Å². The number of benzene rings is 3. The number of sulfonamides is 1. The molecule has 33 heavy (non-hydrogen) atoms. The summed E-state index contributed by atoms with van der Waals surface area (Å²) in [4.78, 5) is 14.6. The molecule has 0 fully saturated rings. The van der Waals surface area contributed by atoms with Gasteiger partial charge in [-0.3, -0.25) is 10.1 Å². The largest absolute Gasteiger partial charge is 0.494 e. The lowest BCUT2D eigenvalue weighted by Crippen LogP contribution is -2.30. The first kappa shape index (κ1) is 23.7. The van der Waals surface area contributed by atoms with E-state index in [0.29, 0.717) is 30.4 Å². The Morgan fingerprint density at radius 3 is 2.00 bits per heavy atom. The smallest absolute Gasteiger partial charge is 0.289 e. The third-order valence-electron chi connectivity index (χ3n) is 4.46. The van der Waals surface area contributed by atoms with Crippen LogP contribution in [-0.4, -0.2) is 32.9 Å². The lowest BCUT2D eigenvalue weighted by molar-refractivity contribution is -0.387. The van der Waals surface area contributed by atoms with Crippen LogP contribution in [0.2, 0.25) is 0 Å². The van der Waals surface area contributed by atoms with Gasteiger partial charge in [0.1, 0.15) is 17.8 Å². The van der Waals surface area contributed by atoms with E-state index in [-0.39, 0.29) is 5.69 Å². The summed E-state index contributed by atoms with van der Waals surface area (Å²) in [6.07, 6.45) is 1.12. The summed E-state index contributed by atoms with van der Waals surface area (Å²) in [5.74, 6) is 1.22. The summed E-state index contributed by atoms with van der Waals surface area (Å²) >= 11 is 0. The number of rotatable bonds is 10. The second-order valence-corrected chi connectivity index (χ2v) is 8.41. The van der Waals surface area contributed by atoms with Gasteiger partial charge in [0.05, 0.1) is 29.5 Å². The third kappa shape index (κ3) is 5.66. The predicted octanol–water partition coefficient (Wildman–Crippen LogP) is 4.95. The first-order valence-corrected chi connectivity index (χ1v) is 11.6. The molecule has 0 aliphatic heterocycles. The first-order chi connectivity index (χ1) is 15.9. The summed E-state index contributed by atoms with van der Waals surface area (Å²) in [6, 6.07) is 18.3. The summed E-state index contributed by atoms with van der Waals surface area (Å²) in [6.45, 7) is 4.68. The van der Waals surface area contributed by atoms with Crippen molar-refractivity contribution in [1.29, 1.82) is 0 Å². The van der Waals surface area contributed by atoms with Crippen LogP contribution in [0.15, 0.2) is 82.7 Å². The Balaban J connectivity index is 2.06. The molecule has 9 nitrogen and oxygen atoms in total. The van der Waals surface area contributed by atoms with Crippen LogP contribution >= 0.6 is 0 Å². The number of nitro benzene ring substituents is 1. The average molecular weight is 470 g/mol. The molecule has 0 heterocycles. The first-order valence-electron chi connectivity index (χ1n) is 10.1. The highest BCUT2D eigenvalue weighted by Gasteiger charge is 2.31. The molecule has 0 atom stereocenters. The maximum absolute atomic E-state index is 13.5. The molecule has 10 heteroatoms. The molecular formula is C23H23N3O6S. The summed E-state index contributed by atoms with van der Waals surface area (Å²) < 4.78 is 38.7. The Morgan fingerprint density at radius 2 is 1.45 bits per heavy atom. The SMILES string of the molecule is CCOc1ccc(N=CN(c2ccc(OCC)cc2)S(=O)(=O)c2ccccc2[N+](=O)[O-])cc1. The van der Waals surface area contributed by atoms with E-state index >= 15 is 0 Å². The van der Waals surface area contributed by atoms with Crippen molar-refractivity contribution in [3.63, 3.8) is 0 Å². The van der Waals surface area contributed by atoms with Crippen molar-refractivity contribution in [2.45, 2.75) is 18.7 Å². The van der Waals surface area contributed by atoms with E-state index in [2.05, 4.69) is 4.99 Å². The monoisotopic (exact) mass is 469 g/mol. The zero-order valence-electron chi connectivity index (χ0n) is 18.1. The van der Waals surface area contributed by atoms with Crippen molar-refractivity contribution in [1.82, 2.24) is 0 Å². The second kappa shape index (κ2) is 10.6. The quantitative estimate of drug-likeness (QED) is 0.180. The van der Waals surface area contributed by atoms with Gasteiger partial charge in [-0.25, -0.2) is 17.7 Å². The molecule has 3 aromatic rings. The fraction of sp³-hybridized carbons (Fsp3) is 0.174. The molecule has 3 aromatic carbocycles. The number of hydrogen-bond donors (Lipinski definition) is 0. The molecule has 0 aliphatic carbocycles.